The van der Waals surface area contributed by atoms with Crippen LogP contribution in [0.5, 0.6) is 0 Å². The van der Waals surface area contributed by atoms with Crippen molar-refractivity contribution in [2.45, 2.75) is 24.8 Å². The third-order valence-corrected chi connectivity index (χ3v) is 3.49. The first-order chi connectivity index (χ1) is 9.74. The molecule has 21 heavy (non-hydrogen) atoms. The van der Waals surface area contributed by atoms with Crippen LogP contribution in [0.3, 0.4) is 0 Å². The van der Waals surface area contributed by atoms with E-state index >= 15 is 0 Å². The highest BCUT2D eigenvalue weighted by molar-refractivity contribution is 6.50. The molecule has 0 amide bonds. The van der Waals surface area contributed by atoms with Crippen molar-refractivity contribution in [2.75, 3.05) is 7.11 Å². The first kappa shape index (κ1) is 17.5. The molecule has 0 aromatic heterocycles. The van der Waals surface area contributed by atoms with Gasteiger partial charge in [0, 0.05) is 12.3 Å². The molecule has 1 aromatic carbocycles. The highest BCUT2D eigenvalue weighted by Gasteiger charge is 2.43. The average molecular weight is 307 g/mol. The van der Waals surface area contributed by atoms with Gasteiger partial charge in [0.25, 0.3) is 0 Å². The zero-order chi connectivity index (χ0) is 16.0. The van der Waals surface area contributed by atoms with Gasteiger partial charge in [0.15, 0.2) is 0 Å². The summed E-state index contributed by atoms with van der Waals surface area (Å²) in [7, 11) is -4.55. The maximum atomic E-state index is 11.7. The summed E-state index contributed by atoms with van der Waals surface area (Å²) >= 11 is 0. The van der Waals surface area contributed by atoms with Gasteiger partial charge in [-0.25, -0.2) is 0 Å². The minimum Gasteiger partial charge on any atom is -0.469 e. The molecule has 3 nitrogen and oxygen atoms in total. The summed E-state index contributed by atoms with van der Waals surface area (Å²) in [5.74, 6) is 0.0786. The van der Waals surface area contributed by atoms with E-state index in [4.69, 9.17) is 4.74 Å². The number of ether oxygens (including phenoxy) is 1. The summed E-state index contributed by atoms with van der Waals surface area (Å²) in [5.41, 5.74) is 5.29. The van der Waals surface area contributed by atoms with E-state index in [9.17, 15) is 22.1 Å². The number of benzene rings is 1. The molecule has 0 spiro atoms. The highest BCUT2D eigenvalue weighted by atomic mass is 19.5. The summed E-state index contributed by atoms with van der Waals surface area (Å²) in [6.45, 7) is 0. The van der Waals surface area contributed by atoms with Crippen LogP contribution in [0.1, 0.15) is 24.3 Å². The van der Waals surface area contributed by atoms with E-state index in [-0.39, 0.29) is 23.8 Å². The normalized spacial score (nSPS) is 25.0. The van der Waals surface area contributed by atoms with Crippen molar-refractivity contribution in [1.29, 1.82) is 0 Å². The highest BCUT2D eigenvalue weighted by Crippen LogP contribution is 2.38. The van der Waals surface area contributed by atoms with Crippen LogP contribution < -0.4 is 5.73 Å². The summed E-state index contributed by atoms with van der Waals surface area (Å²) in [5, 5.41) is 0. The van der Waals surface area contributed by atoms with Gasteiger partial charge in [-0.05, 0) is 12.0 Å². The van der Waals surface area contributed by atoms with E-state index < -0.39 is 7.25 Å². The fourth-order valence-corrected chi connectivity index (χ4v) is 2.65. The van der Waals surface area contributed by atoms with Gasteiger partial charge in [-0.3, -0.25) is 4.79 Å². The monoisotopic (exact) mass is 307 g/mol. The molecule has 1 aromatic rings. The predicted molar refractivity (Wildman–Crippen MR) is 70.8 cm³/mol. The van der Waals surface area contributed by atoms with E-state index in [1.807, 2.05) is 18.2 Å². The number of carbonyl (C=O) groups excluding carboxylic acids is 1. The molecule has 2 rings (SSSR count). The second-order valence-electron chi connectivity index (χ2n) is 4.90. The molecule has 0 bridgehead atoms. The molecule has 1 fully saturated rings. The Morgan fingerprint density at radius 2 is 1.71 bits per heavy atom. The van der Waals surface area contributed by atoms with E-state index in [1.54, 1.807) is 0 Å². The molecule has 8 heteroatoms. The average Bonchev–Trinajstić information content (AvgIpc) is 2.79. The Hall–Kier alpha value is -1.57. The van der Waals surface area contributed by atoms with Crippen LogP contribution in [0.4, 0.5) is 17.3 Å². The van der Waals surface area contributed by atoms with E-state index in [0.29, 0.717) is 0 Å². The van der Waals surface area contributed by atoms with Crippen LogP contribution in [-0.2, 0) is 9.53 Å². The van der Waals surface area contributed by atoms with Crippen molar-refractivity contribution in [2.24, 2.45) is 5.92 Å². The Balaban J connectivity index is 0.000000383. The Bertz CT molecular complexity index is 449. The van der Waals surface area contributed by atoms with Crippen molar-refractivity contribution < 1.29 is 32.5 Å². The number of halogens is 4. The predicted octanol–water partition coefficient (Wildman–Crippen LogP) is 2.26. The maximum Gasteiger partial charge on any atom is 0.673 e. The third-order valence-electron chi connectivity index (χ3n) is 3.49. The minimum atomic E-state index is -6.00. The standard InChI is InChI=1S/C13H17NO2.BF4/c1-16-13(15)12-10(7-8-11(12)14)9-5-3-2-4-6-9;2-1(3,4)5/h2-6,10-12H,7-8,14H2,1H3;/q;-1/p+1/t10-,11+,12+;/m1./s1. The summed E-state index contributed by atoms with van der Waals surface area (Å²) in [6.07, 6.45) is 2.03. The Morgan fingerprint density at radius 1 is 1.19 bits per heavy atom. The smallest absolute Gasteiger partial charge is 0.469 e. The van der Waals surface area contributed by atoms with Gasteiger partial charge < -0.3 is 27.7 Å². The number of quaternary nitrogens is 1. The van der Waals surface area contributed by atoms with Gasteiger partial charge in [-0.1, -0.05) is 30.3 Å². The number of carbonyl (C=O) groups is 1. The van der Waals surface area contributed by atoms with E-state index in [1.165, 1.54) is 12.7 Å². The second-order valence-corrected chi connectivity index (χ2v) is 4.90. The molecule has 0 radical (unpaired) electrons. The zero-order valence-corrected chi connectivity index (χ0v) is 11.6. The molecule has 0 aliphatic heterocycles. The van der Waals surface area contributed by atoms with Crippen LogP contribution in [0.2, 0.25) is 0 Å². The van der Waals surface area contributed by atoms with Crippen LogP contribution in [0.25, 0.3) is 0 Å². The van der Waals surface area contributed by atoms with Crippen LogP contribution in [0, 0.1) is 5.92 Å². The maximum absolute atomic E-state index is 11.7. The molecule has 3 N–H and O–H groups in total. The molecule has 118 valence electrons. The number of esters is 1. The van der Waals surface area contributed by atoms with Gasteiger partial charge >= 0.3 is 13.2 Å². The topological polar surface area (TPSA) is 53.9 Å². The molecular formula is C13H18BF4NO2. The Labute approximate surface area is 120 Å². The van der Waals surface area contributed by atoms with Gasteiger partial charge in [0.2, 0.25) is 0 Å². The lowest BCUT2D eigenvalue weighted by atomic mass is 9.88. The van der Waals surface area contributed by atoms with E-state index in [0.717, 1.165) is 12.8 Å². The minimum absolute atomic E-state index is 0.0765. The van der Waals surface area contributed by atoms with Crippen LogP contribution in [-0.4, -0.2) is 26.4 Å². The lowest BCUT2D eigenvalue weighted by molar-refractivity contribution is -0.425. The molecule has 0 saturated heterocycles. The summed E-state index contributed by atoms with van der Waals surface area (Å²) in [4.78, 5) is 11.7. The van der Waals surface area contributed by atoms with E-state index in [2.05, 4.69) is 17.9 Å². The number of hydrogen-bond acceptors (Lipinski definition) is 2. The molecular weight excluding hydrogens is 289 g/mol. The number of methoxy groups -OCH3 is 1. The largest absolute Gasteiger partial charge is 0.673 e. The summed E-state index contributed by atoms with van der Waals surface area (Å²) in [6, 6.07) is 10.4. The first-order valence-electron chi connectivity index (χ1n) is 6.57. The molecule has 0 unspecified atom stereocenters. The second kappa shape index (κ2) is 7.45. The van der Waals surface area contributed by atoms with Gasteiger partial charge in [0.05, 0.1) is 13.2 Å². The zero-order valence-electron chi connectivity index (χ0n) is 11.6. The van der Waals surface area contributed by atoms with Crippen LogP contribution in [0.15, 0.2) is 30.3 Å². The third kappa shape index (κ3) is 5.75. The molecule has 1 saturated carbocycles. The first-order valence-corrected chi connectivity index (χ1v) is 6.57. The molecule has 1 aliphatic rings. The molecule has 3 atom stereocenters. The lowest BCUT2D eigenvalue weighted by Gasteiger charge is -2.18. The molecule has 1 aliphatic carbocycles. The fraction of sp³-hybridized carbons (Fsp3) is 0.462. The van der Waals surface area contributed by atoms with Gasteiger partial charge in [-0.15, -0.1) is 0 Å². The molecule has 0 heterocycles. The van der Waals surface area contributed by atoms with Crippen molar-refractivity contribution in [3.8, 4) is 0 Å². The van der Waals surface area contributed by atoms with Crippen molar-refractivity contribution in [1.82, 2.24) is 0 Å². The van der Waals surface area contributed by atoms with Crippen molar-refractivity contribution >= 4 is 13.2 Å². The fourth-order valence-electron chi connectivity index (χ4n) is 2.65. The van der Waals surface area contributed by atoms with Crippen molar-refractivity contribution in [3.05, 3.63) is 35.9 Å². The van der Waals surface area contributed by atoms with Crippen molar-refractivity contribution in [3.63, 3.8) is 0 Å². The van der Waals surface area contributed by atoms with Crippen LogP contribution >= 0.6 is 0 Å². The Morgan fingerprint density at radius 3 is 2.19 bits per heavy atom. The quantitative estimate of drug-likeness (QED) is 0.518. The van der Waals surface area contributed by atoms with Gasteiger partial charge in [-0.2, -0.15) is 0 Å². The SMILES string of the molecule is COC(=O)[C@H]1[C@@H](c2ccccc2)CC[C@@H]1[NH3+].F[B-](F)(F)F. The Kier molecular flexibility index (Phi) is 6.20. The lowest BCUT2D eigenvalue weighted by Crippen LogP contribution is -2.64. The number of rotatable bonds is 2. The summed E-state index contributed by atoms with van der Waals surface area (Å²) < 4.78 is 43.9. The number of hydrogen-bond donors (Lipinski definition) is 1. The van der Waals surface area contributed by atoms with Gasteiger partial charge in [0.1, 0.15) is 5.92 Å².